The molecule has 0 bridgehead atoms. The summed E-state index contributed by atoms with van der Waals surface area (Å²) in [5.74, 6) is -0.0789. The summed E-state index contributed by atoms with van der Waals surface area (Å²) in [6, 6.07) is 7.68. The smallest absolute Gasteiger partial charge is 0.243 e. The van der Waals surface area contributed by atoms with Gasteiger partial charge in [0.1, 0.15) is 6.04 Å². The number of rotatable bonds is 2. The molecular weight excluding hydrogens is 252 g/mol. The summed E-state index contributed by atoms with van der Waals surface area (Å²) >= 11 is 0. The average Bonchev–Trinajstić information content (AvgIpc) is 3.04. The van der Waals surface area contributed by atoms with E-state index in [1.807, 2.05) is 24.3 Å². The summed E-state index contributed by atoms with van der Waals surface area (Å²) in [4.78, 5) is 26.0. The molecule has 1 fully saturated rings. The van der Waals surface area contributed by atoms with Gasteiger partial charge in [-0.05, 0) is 24.5 Å². The van der Waals surface area contributed by atoms with E-state index < -0.39 is 0 Å². The van der Waals surface area contributed by atoms with Gasteiger partial charge in [0.05, 0.1) is 0 Å². The fourth-order valence-electron chi connectivity index (χ4n) is 3.35. The SMILES string of the molecule is CC(=O)N1c2ccccc2CC1C(=O)NC1CCCC1. The lowest BCUT2D eigenvalue weighted by Gasteiger charge is -2.25. The highest BCUT2D eigenvalue weighted by Gasteiger charge is 2.37. The Kier molecular flexibility index (Phi) is 3.47. The van der Waals surface area contributed by atoms with Crippen LogP contribution in [0.3, 0.4) is 0 Å². The van der Waals surface area contributed by atoms with E-state index in [1.54, 1.807) is 4.90 Å². The highest BCUT2D eigenvalue weighted by atomic mass is 16.2. The van der Waals surface area contributed by atoms with Crippen molar-refractivity contribution in [2.45, 2.75) is 51.1 Å². The van der Waals surface area contributed by atoms with Gasteiger partial charge in [0, 0.05) is 25.1 Å². The lowest BCUT2D eigenvalue weighted by Crippen LogP contribution is -2.49. The van der Waals surface area contributed by atoms with Crippen LogP contribution in [-0.2, 0) is 16.0 Å². The van der Waals surface area contributed by atoms with E-state index in [0.717, 1.165) is 24.1 Å². The van der Waals surface area contributed by atoms with Crippen molar-refractivity contribution in [3.05, 3.63) is 29.8 Å². The van der Waals surface area contributed by atoms with Crippen molar-refractivity contribution in [1.29, 1.82) is 0 Å². The minimum absolute atomic E-state index is 0.0108. The van der Waals surface area contributed by atoms with Crippen LogP contribution in [0, 0.1) is 0 Å². The molecule has 4 nitrogen and oxygen atoms in total. The molecule has 4 heteroatoms. The number of carbonyl (C=O) groups excluding carboxylic acids is 2. The van der Waals surface area contributed by atoms with Gasteiger partial charge >= 0.3 is 0 Å². The summed E-state index contributed by atoms with van der Waals surface area (Å²) in [6.07, 6.45) is 5.11. The van der Waals surface area contributed by atoms with E-state index in [1.165, 1.54) is 19.8 Å². The van der Waals surface area contributed by atoms with Gasteiger partial charge in [-0.15, -0.1) is 0 Å². The second-order valence-corrected chi connectivity index (χ2v) is 5.73. The van der Waals surface area contributed by atoms with Crippen LogP contribution in [0.1, 0.15) is 38.2 Å². The Hall–Kier alpha value is -1.84. The van der Waals surface area contributed by atoms with E-state index in [-0.39, 0.29) is 17.9 Å². The van der Waals surface area contributed by atoms with E-state index in [9.17, 15) is 9.59 Å². The second-order valence-electron chi connectivity index (χ2n) is 5.73. The van der Waals surface area contributed by atoms with Crippen LogP contribution in [0.4, 0.5) is 5.69 Å². The van der Waals surface area contributed by atoms with Gasteiger partial charge < -0.3 is 5.32 Å². The van der Waals surface area contributed by atoms with Crippen molar-refractivity contribution < 1.29 is 9.59 Å². The first-order valence-electron chi connectivity index (χ1n) is 7.35. The van der Waals surface area contributed by atoms with Crippen molar-refractivity contribution in [1.82, 2.24) is 5.32 Å². The van der Waals surface area contributed by atoms with Crippen LogP contribution >= 0.6 is 0 Å². The molecule has 1 saturated carbocycles. The van der Waals surface area contributed by atoms with Crippen LogP contribution in [0.25, 0.3) is 0 Å². The summed E-state index contributed by atoms with van der Waals surface area (Å²) in [5.41, 5.74) is 1.96. The molecule has 2 amide bonds. The third-order valence-corrected chi connectivity index (χ3v) is 4.32. The van der Waals surface area contributed by atoms with Gasteiger partial charge in [0.15, 0.2) is 0 Å². The topological polar surface area (TPSA) is 49.4 Å². The maximum absolute atomic E-state index is 12.5. The van der Waals surface area contributed by atoms with Crippen LogP contribution in [0.5, 0.6) is 0 Å². The zero-order valence-corrected chi connectivity index (χ0v) is 11.8. The molecule has 1 N–H and O–H groups in total. The molecule has 106 valence electrons. The molecule has 0 aromatic heterocycles. The van der Waals surface area contributed by atoms with E-state index >= 15 is 0 Å². The van der Waals surface area contributed by atoms with Gasteiger partial charge in [-0.1, -0.05) is 31.0 Å². The van der Waals surface area contributed by atoms with Crippen molar-refractivity contribution >= 4 is 17.5 Å². The van der Waals surface area contributed by atoms with Crippen LogP contribution in [0.2, 0.25) is 0 Å². The van der Waals surface area contributed by atoms with Crippen LogP contribution in [-0.4, -0.2) is 23.9 Å². The van der Waals surface area contributed by atoms with Crippen LogP contribution in [0.15, 0.2) is 24.3 Å². The number of para-hydroxylation sites is 1. The Labute approximate surface area is 119 Å². The molecule has 1 heterocycles. The summed E-state index contributed by atoms with van der Waals surface area (Å²) in [6.45, 7) is 1.53. The number of nitrogens with zero attached hydrogens (tertiary/aromatic N) is 1. The Morgan fingerprint density at radius 3 is 2.60 bits per heavy atom. The van der Waals surface area contributed by atoms with E-state index in [0.29, 0.717) is 12.5 Å². The number of amides is 2. The van der Waals surface area contributed by atoms with E-state index in [4.69, 9.17) is 0 Å². The van der Waals surface area contributed by atoms with E-state index in [2.05, 4.69) is 5.32 Å². The molecule has 1 aromatic rings. The highest BCUT2D eigenvalue weighted by Crippen LogP contribution is 2.32. The summed E-state index contributed by atoms with van der Waals surface area (Å²) in [5, 5.41) is 3.11. The maximum Gasteiger partial charge on any atom is 0.243 e. The highest BCUT2D eigenvalue weighted by molar-refractivity contribution is 6.02. The second kappa shape index (κ2) is 5.27. The number of nitrogens with one attached hydrogen (secondary N) is 1. The first-order valence-corrected chi connectivity index (χ1v) is 7.35. The molecular formula is C16H20N2O2. The third-order valence-electron chi connectivity index (χ3n) is 4.32. The van der Waals surface area contributed by atoms with Crippen molar-refractivity contribution in [3.63, 3.8) is 0 Å². The molecule has 1 aliphatic heterocycles. The Balaban J connectivity index is 1.79. The largest absolute Gasteiger partial charge is 0.352 e. The first-order chi connectivity index (χ1) is 9.66. The van der Waals surface area contributed by atoms with Gasteiger partial charge in [-0.25, -0.2) is 0 Å². The lowest BCUT2D eigenvalue weighted by molar-refractivity contribution is -0.126. The molecule has 1 unspecified atom stereocenters. The number of benzene rings is 1. The maximum atomic E-state index is 12.5. The number of carbonyl (C=O) groups is 2. The molecule has 0 spiro atoms. The first kappa shape index (κ1) is 13.2. The van der Waals surface area contributed by atoms with Crippen LogP contribution < -0.4 is 10.2 Å². The number of hydrogen-bond acceptors (Lipinski definition) is 2. The van der Waals surface area contributed by atoms with Crippen molar-refractivity contribution in [3.8, 4) is 0 Å². The van der Waals surface area contributed by atoms with Gasteiger partial charge in [0.25, 0.3) is 0 Å². The molecule has 0 saturated heterocycles. The number of fused-ring (bicyclic) bond motifs is 1. The van der Waals surface area contributed by atoms with Gasteiger partial charge in [0.2, 0.25) is 11.8 Å². The fraction of sp³-hybridized carbons (Fsp3) is 0.500. The minimum Gasteiger partial charge on any atom is -0.352 e. The molecule has 2 aliphatic rings. The molecule has 1 aliphatic carbocycles. The Bertz CT molecular complexity index is 535. The standard InChI is InChI=1S/C16H20N2O2/c1-11(19)18-14-9-5-2-6-12(14)10-15(18)16(20)17-13-7-3-4-8-13/h2,5-6,9,13,15H,3-4,7-8,10H2,1H3,(H,17,20). The normalized spacial score (nSPS) is 21.9. The molecule has 3 rings (SSSR count). The summed E-state index contributed by atoms with van der Waals surface area (Å²) < 4.78 is 0. The Morgan fingerprint density at radius 1 is 1.20 bits per heavy atom. The minimum atomic E-state index is -0.384. The van der Waals surface area contributed by atoms with Gasteiger partial charge in [-0.3, -0.25) is 14.5 Å². The Morgan fingerprint density at radius 2 is 1.90 bits per heavy atom. The molecule has 0 radical (unpaired) electrons. The monoisotopic (exact) mass is 272 g/mol. The molecule has 20 heavy (non-hydrogen) atoms. The number of anilines is 1. The predicted octanol–water partition coefficient (Wildman–Crippen LogP) is 2.02. The molecule has 1 aromatic carbocycles. The fourth-order valence-corrected chi connectivity index (χ4v) is 3.35. The van der Waals surface area contributed by atoms with Crippen molar-refractivity contribution in [2.24, 2.45) is 0 Å². The van der Waals surface area contributed by atoms with Gasteiger partial charge in [-0.2, -0.15) is 0 Å². The van der Waals surface area contributed by atoms with Crippen molar-refractivity contribution in [2.75, 3.05) is 4.90 Å². The third kappa shape index (κ3) is 2.30. The lowest BCUT2D eigenvalue weighted by atomic mass is 10.1. The predicted molar refractivity (Wildman–Crippen MR) is 77.5 cm³/mol. The summed E-state index contributed by atoms with van der Waals surface area (Å²) in [7, 11) is 0. The quantitative estimate of drug-likeness (QED) is 0.895. The average molecular weight is 272 g/mol. The zero-order chi connectivity index (χ0) is 14.1. The number of hydrogen-bond donors (Lipinski definition) is 1. The zero-order valence-electron chi connectivity index (χ0n) is 11.8. The molecule has 1 atom stereocenters.